The number of fused-ring (bicyclic) bond motifs is 14. The zero-order valence-electron chi connectivity index (χ0n) is 47.5. The monoisotopic (exact) mass is 1090 g/mol. The van der Waals surface area contributed by atoms with Crippen LogP contribution in [0.4, 0.5) is 0 Å². The molecule has 17 heteroatoms. The summed E-state index contributed by atoms with van der Waals surface area (Å²) in [5, 5.41) is 77.3. The Bertz CT molecular complexity index is 2590. The highest BCUT2D eigenvalue weighted by Gasteiger charge is 2.76. The number of carboxylic acids is 3. The van der Waals surface area contributed by atoms with Crippen LogP contribution < -0.4 is 4.74 Å². The lowest BCUT2D eigenvalue weighted by atomic mass is 9.27. The third-order valence-corrected chi connectivity index (χ3v) is 25.8. The zero-order chi connectivity index (χ0) is 56.8. The van der Waals surface area contributed by atoms with Crippen molar-refractivity contribution in [2.24, 2.45) is 91.2 Å². The van der Waals surface area contributed by atoms with E-state index >= 15 is 0 Å². The van der Waals surface area contributed by atoms with Crippen LogP contribution in [-0.4, -0.2) is 135 Å². The number of carboxylic acid groups (broad SMARTS) is 3. The van der Waals surface area contributed by atoms with Crippen molar-refractivity contribution < 1.29 is 83.4 Å². The van der Waals surface area contributed by atoms with Gasteiger partial charge in [0.15, 0.2) is 18.2 Å². The molecule has 1 saturated heterocycles. The van der Waals surface area contributed by atoms with Crippen molar-refractivity contribution in [1.29, 1.82) is 0 Å². The van der Waals surface area contributed by atoms with Crippen molar-refractivity contribution in [3.8, 4) is 5.75 Å². The van der Waals surface area contributed by atoms with E-state index in [4.69, 9.17) is 23.7 Å². The van der Waals surface area contributed by atoms with Gasteiger partial charge in [-0.15, -0.1) is 0 Å². The van der Waals surface area contributed by atoms with Crippen molar-refractivity contribution in [2.45, 2.75) is 194 Å². The van der Waals surface area contributed by atoms with Crippen LogP contribution in [0.2, 0.25) is 0 Å². The highest BCUT2D eigenvalue weighted by Crippen LogP contribution is 2.81. The highest BCUT2D eigenvalue weighted by molar-refractivity contribution is 6.07. The van der Waals surface area contributed by atoms with Gasteiger partial charge in [0.2, 0.25) is 0 Å². The zero-order valence-corrected chi connectivity index (χ0v) is 47.5. The summed E-state index contributed by atoms with van der Waals surface area (Å²) in [4.78, 5) is 64.9. The summed E-state index contributed by atoms with van der Waals surface area (Å²) in [6, 6.07) is 3.10. The molecular weight excluding hydrogens is 1000 g/mol. The van der Waals surface area contributed by atoms with Gasteiger partial charge >= 0.3 is 23.9 Å². The number of rotatable bonds is 12. The molecule has 2 aliphatic heterocycles. The number of Topliss-reactive ketones (excluding diaryl/α,β-unsaturated/α-hetero) is 1. The largest absolute Gasteiger partial charge is 0.484 e. The second kappa shape index (κ2) is 19.5. The predicted octanol–water partition coefficient (Wildman–Crippen LogP) is 7.58. The molecule has 78 heavy (non-hydrogen) atoms. The summed E-state index contributed by atoms with van der Waals surface area (Å²) < 4.78 is 29.5. The van der Waals surface area contributed by atoms with E-state index in [0.29, 0.717) is 42.4 Å². The molecule has 434 valence electrons. The van der Waals surface area contributed by atoms with Crippen molar-refractivity contribution in [3.63, 3.8) is 0 Å². The number of carbonyl (C=O) groups excluding carboxylic acids is 2. The molecule has 1 aromatic rings. The molecule has 2 heterocycles. The molecule has 1 aromatic carbocycles. The van der Waals surface area contributed by atoms with Crippen molar-refractivity contribution in [3.05, 3.63) is 28.8 Å². The van der Waals surface area contributed by atoms with Crippen LogP contribution in [-0.2, 0) is 39.8 Å². The fraction of sp³-hybridized carbons (Fsp3) is 0.820. The number of ketones is 1. The molecule has 7 N–H and O–H groups in total. The van der Waals surface area contributed by atoms with E-state index in [0.717, 1.165) is 57.8 Å². The molecule has 0 radical (unpaired) electrons. The summed E-state index contributed by atoms with van der Waals surface area (Å²) in [5.41, 5.74) is -3.68. The Balaban J connectivity index is 0.935. The van der Waals surface area contributed by atoms with Crippen LogP contribution in [0.15, 0.2) is 12.1 Å². The van der Waals surface area contributed by atoms with E-state index in [1.807, 2.05) is 0 Å². The fourth-order valence-corrected chi connectivity index (χ4v) is 21.9. The number of hydrogen-bond donors (Lipinski definition) is 7. The van der Waals surface area contributed by atoms with Crippen LogP contribution in [0.5, 0.6) is 5.75 Å². The summed E-state index contributed by atoms with van der Waals surface area (Å²) in [6.45, 7) is 18.4. The smallest absolute Gasteiger partial charge is 0.336 e. The summed E-state index contributed by atoms with van der Waals surface area (Å²) >= 11 is 0. The maximum absolute atomic E-state index is 14.0. The molecule has 0 amide bonds. The second-order valence-corrected chi connectivity index (χ2v) is 27.9. The van der Waals surface area contributed by atoms with Gasteiger partial charge < -0.3 is 59.4 Å². The molecular formula is C61H88O17. The first-order valence-electron chi connectivity index (χ1n) is 29.2. The minimum absolute atomic E-state index is 0.0110. The van der Waals surface area contributed by atoms with Gasteiger partial charge in [0.05, 0.1) is 37.2 Å². The number of benzene rings is 1. The van der Waals surface area contributed by atoms with Crippen LogP contribution in [0, 0.1) is 91.2 Å². The number of esters is 1. The number of hydrogen-bond acceptors (Lipinski definition) is 14. The Labute approximate surface area is 458 Å². The van der Waals surface area contributed by atoms with Gasteiger partial charge in [-0.1, -0.05) is 48.5 Å². The van der Waals surface area contributed by atoms with Crippen LogP contribution >= 0.6 is 0 Å². The van der Waals surface area contributed by atoms with E-state index < -0.39 is 93.7 Å². The molecule has 8 fully saturated rings. The standard InChI is InChI=1S/C61H88O17/c1-30-25-41-55(4,22-17-40-58(41,7)31(2)26-43(59(40,8)53(72)73)76-52-49(75-10)47(67)46(66)48(77-52)51(70)71)36-15-20-54(3)37(57(30,36)6)18-23-60(28-62)38(54)16-21-56(5)39(60)19-24-61(29-63)42(56)27-33-35(78-61)13-11-32(45(33)50(68)69)34(64)12-14-44(65)74-9/h11,13,30-31,36-43,46-49,52,62-63,66-67H,12,14-29H2,1-10H3,(H,68,69)(H,70,71)(H,72,73). The fourth-order valence-electron chi connectivity index (χ4n) is 21.9. The first kappa shape index (κ1) is 57.5. The highest BCUT2D eigenvalue weighted by atomic mass is 16.7. The second-order valence-electron chi connectivity index (χ2n) is 27.9. The molecule has 23 atom stereocenters. The van der Waals surface area contributed by atoms with Crippen molar-refractivity contribution in [2.75, 3.05) is 27.4 Å². The quantitative estimate of drug-likeness (QED) is 0.0604. The third kappa shape index (κ3) is 7.64. The molecule has 7 aliphatic carbocycles. The first-order chi connectivity index (χ1) is 36.6. The Kier molecular flexibility index (Phi) is 14.4. The molecule has 0 bridgehead atoms. The Morgan fingerprint density at radius 1 is 0.667 bits per heavy atom. The van der Waals surface area contributed by atoms with E-state index in [1.54, 1.807) is 13.0 Å². The number of ether oxygens (including phenoxy) is 5. The van der Waals surface area contributed by atoms with Crippen molar-refractivity contribution >= 4 is 29.7 Å². The number of aromatic carboxylic acids is 1. The van der Waals surface area contributed by atoms with E-state index in [-0.39, 0.29) is 101 Å². The molecule has 0 aromatic heterocycles. The Morgan fingerprint density at radius 2 is 1.23 bits per heavy atom. The topological polar surface area (TPSA) is 273 Å². The third-order valence-electron chi connectivity index (χ3n) is 25.8. The predicted molar refractivity (Wildman–Crippen MR) is 281 cm³/mol. The van der Waals surface area contributed by atoms with Gasteiger partial charge in [-0.25, -0.2) is 9.59 Å². The Morgan fingerprint density at radius 3 is 1.81 bits per heavy atom. The minimum Gasteiger partial charge on any atom is -0.484 e. The number of aliphatic hydroxyl groups is 4. The number of methoxy groups -OCH3 is 2. The van der Waals surface area contributed by atoms with Crippen LogP contribution in [0.3, 0.4) is 0 Å². The molecule has 0 spiro atoms. The summed E-state index contributed by atoms with van der Waals surface area (Å²) in [7, 11) is 2.55. The average molecular weight is 1090 g/mol. The maximum atomic E-state index is 14.0. The maximum Gasteiger partial charge on any atom is 0.336 e. The van der Waals surface area contributed by atoms with Gasteiger partial charge in [-0.3, -0.25) is 14.4 Å². The molecule has 23 unspecified atom stereocenters. The normalized spacial score (nSPS) is 49.0. The lowest BCUT2D eigenvalue weighted by molar-refractivity contribution is -0.335. The van der Waals surface area contributed by atoms with Gasteiger partial charge in [-0.2, -0.15) is 0 Å². The molecule has 7 saturated carbocycles. The Hall–Kier alpha value is -3.71. The van der Waals surface area contributed by atoms with Gasteiger partial charge in [-0.05, 0) is 177 Å². The number of aliphatic carboxylic acids is 2. The molecule has 10 rings (SSSR count). The van der Waals surface area contributed by atoms with Crippen LogP contribution in [0.25, 0.3) is 0 Å². The van der Waals surface area contributed by atoms with Crippen molar-refractivity contribution in [1.82, 2.24) is 0 Å². The van der Waals surface area contributed by atoms with Gasteiger partial charge in [0, 0.05) is 42.6 Å². The SMILES string of the molecule is COC(=O)CCC(=O)c1ccc2c(c1C(=O)O)CC1C(CO)(CCC3C1(C)CCC1C4(C)CCC5C6(C)CCC7C(C)(C(=O)O)C(OC8OC(C(=O)O)C(O)C(O)C8OC)CC(C)C7(C)C6CC(C)C5(C)C4CCC31CO)O2. The lowest BCUT2D eigenvalue weighted by Gasteiger charge is -2.77. The minimum atomic E-state index is -1.80. The lowest BCUT2D eigenvalue weighted by Crippen LogP contribution is -2.73. The van der Waals surface area contributed by atoms with E-state index in [2.05, 4.69) is 48.5 Å². The molecule has 17 nitrogen and oxygen atoms in total. The summed E-state index contributed by atoms with van der Waals surface area (Å²) in [5.74, 6) is -3.62. The van der Waals surface area contributed by atoms with E-state index in [1.165, 1.54) is 20.3 Å². The number of carbonyl (C=O) groups is 5. The summed E-state index contributed by atoms with van der Waals surface area (Å²) in [6.07, 6.45) is 0.574. The first-order valence-corrected chi connectivity index (χ1v) is 29.2. The average Bonchev–Trinajstić information content (AvgIpc) is 3.21. The number of aliphatic hydroxyl groups excluding tert-OH is 4. The van der Waals surface area contributed by atoms with E-state index in [9.17, 15) is 59.7 Å². The van der Waals surface area contributed by atoms with Crippen LogP contribution in [0.1, 0.15) is 172 Å². The molecule has 9 aliphatic rings. The van der Waals surface area contributed by atoms with Gasteiger partial charge in [0.1, 0.15) is 29.7 Å². The van der Waals surface area contributed by atoms with Gasteiger partial charge in [0.25, 0.3) is 0 Å².